The van der Waals surface area contributed by atoms with Gasteiger partial charge < -0.3 is 9.84 Å². The van der Waals surface area contributed by atoms with Gasteiger partial charge in [0.15, 0.2) is 6.10 Å². The van der Waals surface area contributed by atoms with E-state index in [9.17, 15) is 0 Å². The second-order valence-electron chi connectivity index (χ2n) is 1.71. The fraction of sp³-hybridized carbons (Fsp3) is 0.429. The summed E-state index contributed by atoms with van der Waals surface area (Å²) in [6, 6.07) is 0. The minimum absolute atomic E-state index is 0.0165. The van der Waals surface area contributed by atoms with E-state index >= 15 is 0 Å². The molecule has 0 amide bonds. The highest BCUT2D eigenvalue weighted by Gasteiger charge is 2.05. The minimum atomic E-state index is -0.0835. The summed E-state index contributed by atoms with van der Waals surface area (Å²) in [7, 11) is 0. The van der Waals surface area contributed by atoms with E-state index in [1.807, 2.05) is 6.08 Å². The van der Waals surface area contributed by atoms with Crippen molar-refractivity contribution in [3.63, 3.8) is 0 Å². The van der Waals surface area contributed by atoms with Crippen LogP contribution in [0.3, 0.4) is 0 Å². The largest absolute Gasteiger partial charge is 0.485 e. The molecule has 0 aromatic heterocycles. The number of rotatable bonds is 0. The fourth-order valence-electron chi connectivity index (χ4n) is 0.638. The number of aliphatic hydroxyl groups is 1. The van der Waals surface area contributed by atoms with Crippen LogP contribution in [0.25, 0.3) is 0 Å². The van der Waals surface area contributed by atoms with Crippen LogP contribution < -0.4 is 0 Å². The molecule has 48 valence electrons. The van der Waals surface area contributed by atoms with Crippen molar-refractivity contribution in [2.45, 2.75) is 12.5 Å². The number of ether oxygens (including phenoxy) is 1. The van der Waals surface area contributed by atoms with Gasteiger partial charge in [0.25, 0.3) is 0 Å². The normalized spacial score (nSPS) is 22.6. The molecule has 0 spiro atoms. The van der Waals surface area contributed by atoms with Crippen LogP contribution in [0.5, 0.6) is 0 Å². The Kier molecular flexibility index (Phi) is 2.17. The summed E-state index contributed by atoms with van der Waals surface area (Å²) >= 11 is 0. The maximum absolute atomic E-state index is 8.28. The average molecular weight is 124 g/mol. The zero-order chi connectivity index (χ0) is 6.53. The monoisotopic (exact) mass is 124 g/mol. The van der Waals surface area contributed by atoms with E-state index in [4.69, 9.17) is 9.84 Å². The average Bonchev–Trinajstić information content (AvgIpc) is 2.34. The molecule has 2 nitrogen and oxygen atoms in total. The second kappa shape index (κ2) is 3.16. The molecule has 9 heavy (non-hydrogen) atoms. The van der Waals surface area contributed by atoms with Gasteiger partial charge in [-0.3, -0.25) is 0 Å². The zero-order valence-electron chi connectivity index (χ0n) is 5.00. The summed E-state index contributed by atoms with van der Waals surface area (Å²) in [6.07, 6.45) is 4.37. The van der Waals surface area contributed by atoms with Crippen molar-refractivity contribution in [3.8, 4) is 11.8 Å². The first-order valence-electron chi connectivity index (χ1n) is 2.83. The molecule has 1 N–H and O–H groups in total. The molecule has 2 heteroatoms. The van der Waals surface area contributed by atoms with Crippen LogP contribution in [0.15, 0.2) is 12.3 Å². The van der Waals surface area contributed by atoms with Crippen LogP contribution in [0.1, 0.15) is 6.42 Å². The lowest BCUT2D eigenvalue weighted by Gasteiger charge is -1.97. The van der Waals surface area contributed by atoms with Crippen molar-refractivity contribution in [3.05, 3.63) is 12.3 Å². The molecule has 0 bridgehead atoms. The first kappa shape index (κ1) is 6.18. The highest BCUT2D eigenvalue weighted by molar-refractivity contribution is 5.09. The van der Waals surface area contributed by atoms with Gasteiger partial charge in [0, 0.05) is 6.42 Å². The topological polar surface area (TPSA) is 29.5 Å². The van der Waals surface area contributed by atoms with E-state index in [1.165, 1.54) is 0 Å². The highest BCUT2D eigenvalue weighted by Crippen LogP contribution is 2.06. The molecule has 0 aliphatic carbocycles. The molecular weight excluding hydrogens is 116 g/mol. The maximum atomic E-state index is 8.28. The SMILES string of the molecule is OCC#CC1CC=CO1. The summed E-state index contributed by atoms with van der Waals surface area (Å²) in [5, 5.41) is 8.28. The van der Waals surface area contributed by atoms with Crippen molar-refractivity contribution in [2.75, 3.05) is 6.61 Å². The van der Waals surface area contributed by atoms with E-state index in [2.05, 4.69) is 11.8 Å². The number of aliphatic hydroxyl groups excluding tert-OH is 1. The Labute approximate surface area is 54.1 Å². The van der Waals surface area contributed by atoms with Crippen LogP contribution >= 0.6 is 0 Å². The quantitative estimate of drug-likeness (QED) is 0.470. The van der Waals surface area contributed by atoms with Gasteiger partial charge in [0.1, 0.15) is 6.61 Å². The van der Waals surface area contributed by atoms with E-state index in [0.29, 0.717) is 0 Å². The van der Waals surface area contributed by atoms with Crippen molar-refractivity contribution < 1.29 is 9.84 Å². The standard InChI is InChI=1S/C7H8O2/c8-5-1-3-7-4-2-6-9-7/h2,6-8H,4-5H2. The molecule has 1 aliphatic heterocycles. The smallest absolute Gasteiger partial charge is 0.161 e. The van der Waals surface area contributed by atoms with Gasteiger partial charge in [-0.15, -0.1) is 0 Å². The third-order valence-electron chi connectivity index (χ3n) is 1.03. The molecule has 0 saturated heterocycles. The Hall–Kier alpha value is -0.940. The van der Waals surface area contributed by atoms with Crippen LogP contribution in [0.2, 0.25) is 0 Å². The highest BCUT2D eigenvalue weighted by atomic mass is 16.5. The Morgan fingerprint density at radius 1 is 1.78 bits per heavy atom. The molecular formula is C7H8O2. The fourth-order valence-corrected chi connectivity index (χ4v) is 0.638. The lowest BCUT2D eigenvalue weighted by Crippen LogP contribution is -1.99. The van der Waals surface area contributed by atoms with Gasteiger partial charge in [-0.25, -0.2) is 0 Å². The third kappa shape index (κ3) is 1.79. The molecule has 1 aliphatic rings. The molecule has 1 rings (SSSR count). The minimum Gasteiger partial charge on any atom is -0.485 e. The van der Waals surface area contributed by atoms with E-state index in [0.717, 1.165) is 6.42 Å². The lowest BCUT2D eigenvalue weighted by atomic mass is 10.3. The summed E-state index contributed by atoms with van der Waals surface area (Å²) in [5.74, 6) is 5.28. The molecule has 0 aromatic carbocycles. The molecule has 1 unspecified atom stereocenters. The lowest BCUT2D eigenvalue weighted by molar-refractivity contribution is 0.222. The summed E-state index contributed by atoms with van der Waals surface area (Å²) in [6.45, 7) is -0.0835. The number of hydrogen-bond donors (Lipinski definition) is 1. The summed E-state index contributed by atoms with van der Waals surface area (Å²) < 4.78 is 4.99. The van der Waals surface area contributed by atoms with Crippen molar-refractivity contribution in [1.82, 2.24) is 0 Å². The van der Waals surface area contributed by atoms with Crippen molar-refractivity contribution in [2.24, 2.45) is 0 Å². The predicted octanol–water partition coefficient (Wildman–Crippen LogP) is 0.285. The van der Waals surface area contributed by atoms with Crippen molar-refractivity contribution >= 4 is 0 Å². The summed E-state index contributed by atoms with van der Waals surface area (Å²) in [4.78, 5) is 0. The van der Waals surface area contributed by atoms with E-state index in [1.54, 1.807) is 6.26 Å². The molecule has 1 atom stereocenters. The molecule has 0 aromatic rings. The van der Waals surface area contributed by atoms with Gasteiger partial charge in [0.05, 0.1) is 6.26 Å². The second-order valence-corrected chi connectivity index (χ2v) is 1.71. The van der Waals surface area contributed by atoms with Crippen LogP contribution in [-0.4, -0.2) is 17.8 Å². The van der Waals surface area contributed by atoms with Gasteiger partial charge in [0.2, 0.25) is 0 Å². The Balaban J connectivity index is 2.29. The first-order chi connectivity index (χ1) is 4.43. The van der Waals surface area contributed by atoms with E-state index < -0.39 is 0 Å². The summed E-state index contributed by atoms with van der Waals surface area (Å²) in [5.41, 5.74) is 0. The van der Waals surface area contributed by atoms with Crippen LogP contribution in [-0.2, 0) is 4.74 Å². The van der Waals surface area contributed by atoms with Gasteiger partial charge in [-0.05, 0) is 6.08 Å². The Morgan fingerprint density at radius 2 is 2.67 bits per heavy atom. The third-order valence-corrected chi connectivity index (χ3v) is 1.03. The molecule has 1 heterocycles. The van der Waals surface area contributed by atoms with Crippen LogP contribution in [0.4, 0.5) is 0 Å². The number of hydrogen-bond acceptors (Lipinski definition) is 2. The molecule has 0 fully saturated rings. The van der Waals surface area contributed by atoms with Gasteiger partial charge in [-0.1, -0.05) is 11.8 Å². The maximum Gasteiger partial charge on any atom is 0.161 e. The Bertz CT molecular complexity index is 153. The molecule has 0 saturated carbocycles. The molecule has 0 radical (unpaired) electrons. The van der Waals surface area contributed by atoms with Gasteiger partial charge in [-0.2, -0.15) is 0 Å². The van der Waals surface area contributed by atoms with Crippen LogP contribution in [0, 0.1) is 11.8 Å². The first-order valence-corrected chi connectivity index (χ1v) is 2.83. The van der Waals surface area contributed by atoms with Crippen molar-refractivity contribution in [1.29, 1.82) is 0 Å². The predicted molar refractivity (Wildman–Crippen MR) is 33.5 cm³/mol. The Morgan fingerprint density at radius 3 is 3.22 bits per heavy atom. The van der Waals surface area contributed by atoms with Gasteiger partial charge >= 0.3 is 0 Å². The van der Waals surface area contributed by atoms with E-state index in [-0.39, 0.29) is 12.7 Å². The zero-order valence-corrected chi connectivity index (χ0v) is 5.00.